The fourth-order valence-electron chi connectivity index (χ4n) is 6.37. The Hall–Kier alpha value is -6.13. The van der Waals surface area contributed by atoms with Crippen molar-refractivity contribution in [3.63, 3.8) is 0 Å². The summed E-state index contributed by atoms with van der Waals surface area (Å²) in [7, 11) is 0. The smallest absolute Gasteiger partial charge is 0.164 e. The number of furan rings is 1. The number of aromatic nitrogens is 3. The maximum Gasteiger partial charge on any atom is 0.164 e. The summed E-state index contributed by atoms with van der Waals surface area (Å²) in [6.07, 6.45) is 0. The molecular formula is C41H25N3O. The second-order valence-corrected chi connectivity index (χ2v) is 11.2. The molecule has 210 valence electrons. The number of rotatable bonds is 4. The Kier molecular flexibility index (Phi) is 5.78. The van der Waals surface area contributed by atoms with Crippen molar-refractivity contribution in [3.8, 4) is 45.3 Å². The molecule has 2 heterocycles. The van der Waals surface area contributed by atoms with Crippen molar-refractivity contribution in [1.29, 1.82) is 0 Å². The third kappa shape index (κ3) is 4.27. The minimum atomic E-state index is 0.608. The molecule has 0 aliphatic carbocycles. The Morgan fingerprint density at radius 3 is 1.76 bits per heavy atom. The van der Waals surface area contributed by atoms with Gasteiger partial charge in [0.15, 0.2) is 17.5 Å². The van der Waals surface area contributed by atoms with E-state index < -0.39 is 0 Å². The van der Waals surface area contributed by atoms with Crippen molar-refractivity contribution in [1.82, 2.24) is 15.0 Å². The first-order valence-electron chi connectivity index (χ1n) is 15.0. The fraction of sp³-hybridized carbons (Fsp3) is 0. The molecule has 0 aliphatic heterocycles. The highest BCUT2D eigenvalue weighted by atomic mass is 16.3. The molecule has 4 heteroatoms. The largest absolute Gasteiger partial charge is 0.455 e. The van der Waals surface area contributed by atoms with Crippen molar-refractivity contribution in [2.24, 2.45) is 0 Å². The molecule has 0 fully saturated rings. The van der Waals surface area contributed by atoms with E-state index in [-0.39, 0.29) is 0 Å². The molecule has 7 aromatic carbocycles. The van der Waals surface area contributed by atoms with Crippen LogP contribution in [-0.2, 0) is 0 Å². The van der Waals surface area contributed by atoms with Crippen molar-refractivity contribution in [3.05, 3.63) is 152 Å². The molecule has 0 saturated heterocycles. The highest BCUT2D eigenvalue weighted by molar-refractivity contribution is 6.21. The molecule has 45 heavy (non-hydrogen) atoms. The number of benzene rings is 7. The molecule has 2 aromatic heterocycles. The first-order chi connectivity index (χ1) is 22.3. The molecule has 0 N–H and O–H groups in total. The van der Waals surface area contributed by atoms with Crippen LogP contribution in [0.1, 0.15) is 0 Å². The molecule has 0 amide bonds. The normalized spacial score (nSPS) is 11.6. The number of hydrogen-bond acceptors (Lipinski definition) is 4. The minimum Gasteiger partial charge on any atom is -0.455 e. The Labute approximate surface area is 259 Å². The summed E-state index contributed by atoms with van der Waals surface area (Å²) in [5.41, 5.74) is 6.63. The van der Waals surface area contributed by atoms with Gasteiger partial charge in [0, 0.05) is 33.0 Å². The molecule has 0 spiro atoms. The monoisotopic (exact) mass is 575 g/mol. The standard InChI is InChI=1S/C41H25N3O/c1-3-13-27(14-4-1)39-42-40(28-15-5-2-6-16-28)44-41(43-39)33-20-11-21-35-37(33)34-25-30-18-9-10-19-32(30)36(38(34)45-35)31-23-22-26-12-7-8-17-29(26)24-31/h1-25H. The molecular weight excluding hydrogens is 550 g/mol. The van der Waals surface area contributed by atoms with Gasteiger partial charge in [0.2, 0.25) is 0 Å². The molecule has 9 rings (SSSR count). The maximum atomic E-state index is 6.78. The van der Waals surface area contributed by atoms with Crippen LogP contribution in [0.25, 0.3) is 88.8 Å². The molecule has 0 aliphatic rings. The summed E-state index contributed by atoms with van der Waals surface area (Å²) in [6.45, 7) is 0. The highest BCUT2D eigenvalue weighted by Gasteiger charge is 2.21. The highest BCUT2D eigenvalue weighted by Crippen LogP contribution is 2.44. The number of fused-ring (bicyclic) bond motifs is 5. The van der Waals surface area contributed by atoms with Gasteiger partial charge in [-0.25, -0.2) is 15.0 Å². The lowest BCUT2D eigenvalue weighted by molar-refractivity contribution is 0.670. The Bertz CT molecular complexity index is 2480. The summed E-state index contributed by atoms with van der Waals surface area (Å²) in [5, 5.41) is 6.73. The van der Waals surface area contributed by atoms with Gasteiger partial charge in [0.05, 0.1) is 0 Å². The predicted octanol–water partition coefficient (Wildman–Crippen LogP) is 10.7. The Balaban J connectivity index is 1.35. The van der Waals surface area contributed by atoms with Gasteiger partial charge < -0.3 is 4.42 Å². The van der Waals surface area contributed by atoms with Crippen molar-refractivity contribution < 1.29 is 4.42 Å². The van der Waals surface area contributed by atoms with Gasteiger partial charge in [-0.1, -0.05) is 133 Å². The molecule has 0 unspecified atom stereocenters. The van der Waals surface area contributed by atoms with E-state index in [1.54, 1.807) is 0 Å². The third-order valence-electron chi connectivity index (χ3n) is 8.49. The van der Waals surface area contributed by atoms with Crippen LogP contribution in [0.15, 0.2) is 156 Å². The van der Waals surface area contributed by atoms with Crippen molar-refractivity contribution >= 4 is 43.5 Å². The summed E-state index contributed by atoms with van der Waals surface area (Å²) < 4.78 is 6.78. The number of nitrogens with zero attached hydrogens (tertiary/aromatic N) is 3. The molecule has 4 nitrogen and oxygen atoms in total. The quantitative estimate of drug-likeness (QED) is 0.209. The second kappa shape index (κ2) is 10.2. The zero-order valence-electron chi connectivity index (χ0n) is 24.2. The van der Waals surface area contributed by atoms with Gasteiger partial charge in [-0.15, -0.1) is 0 Å². The average molecular weight is 576 g/mol. The van der Waals surface area contributed by atoms with Gasteiger partial charge in [-0.2, -0.15) is 0 Å². The molecule has 0 radical (unpaired) electrons. The van der Waals surface area contributed by atoms with Gasteiger partial charge >= 0.3 is 0 Å². The zero-order valence-corrected chi connectivity index (χ0v) is 24.2. The van der Waals surface area contributed by atoms with E-state index in [9.17, 15) is 0 Å². The lowest BCUT2D eigenvalue weighted by Crippen LogP contribution is -2.00. The van der Waals surface area contributed by atoms with E-state index in [4.69, 9.17) is 19.4 Å². The van der Waals surface area contributed by atoms with Crippen LogP contribution in [0, 0.1) is 0 Å². The van der Waals surface area contributed by atoms with Crippen LogP contribution in [0.5, 0.6) is 0 Å². The van der Waals surface area contributed by atoms with Gasteiger partial charge in [0.1, 0.15) is 11.2 Å². The lowest BCUT2D eigenvalue weighted by atomic mass is 9.93. The zero-order chi connectivity index (χ0) is 29.7. The summed E-state index contributed by atoms with van der Waals surface area (Å²) in [5.74, 6) is 1.87. The van der Waals surface area contributed by atoms with Crippen LogP contribution < -0.4 is 0 Å². The van der Waals surface area contributed by atoms with E-state index in [1.807, 2.05) is 72.8 Å². The Morgan fingerprint density at radius 1 is 0.400 bits per heavy atom. The fourth-order valence-corrected chi connectivity index (χ4v) is 6.37. The van der Waals surface area contributed by atoms with Crippen LogP contribution in [-0.4, -0.2) is 15.0 Å². The van der Waals surface area contributed by atoms with Gasteiger partial charge in [-0.3, -0.25) is 0 Å². The van der Waals surface area contributed by atoms with Gasteiger partial charge in [0.25, 0.3) is 0 Å². The van der Waals surface area contributed by atoms with E-state index in [0.29, 0.717) is 17.5 Å². The van der Waals surface area contributed by atoms with E-state index in [0.717, 1.165) is 60.5 Å². The molecule has 0 bridgehead atoms. The first-order valence-corrected chi connectivity index (χ1v) is 15.0. The van der Waals surface area contributed by atoms with Crippen LogP contribution in [0.4, 0.5) is 0 Å². The minimum absolute atomic E-state index is 0.608. The first kappa shape index (κ1) is 25.4. The SMILES string of the molecule is c1ccc(-c2nc(-c3ccccc3)nc(-c3cccc4oc5c(-c6ccc7ccccc7c6)c6ccccc6cc5c34)n2)cc1. The molecule has 0 saturated carbocycles. The second-order valence-electron chi connectivity index (χ2n) is 11.2. The summed E-state index contributed by atoms with van der Waals surface area (Å²) >= 11 is 0. The van der Waals surface area contributed by atoms with Crippen molar-refractivity contribution in [2.75, 3.05) is 0 Å². The van der Waals surface area contributed by atoms with E-state index in [1.165, 1.54) is 10.8 Å². The van der Waals surface area contributed by atoms with Crippen molar-refractivity contribution in [2.45, 2.75) is 0 Å². The van der Waals surface area contributed by atoms with Crippen LogP contribution in [0.3, 0.4) is 0 Å². The molecule has 9 aromatic rings. The summed E-state index contributed by atoms with van der Waals surface area (Å²) in [6, 6.07) is 52.2. The topological polar surface area (TPSA) is 51.8 Å². The third-order valence-corrected chi connectivity index (χ3v) is 8.49. The van der Waals surface area contributed by atoms with Gasteiger partial charge in [-0.05, 0) is 45.3 Å². The predicted molar refractivity (Wildman–Crippen MR) is 184 cm³/mol. The lowest BCUT2D eigenvalue weighted by Gasteiger charge is -2.11. The van der Waals surface area contributed by atoms with E-state index >= 15 is 0 Å². The summed E-state index contributed by atoms with van der Waals surface area (Å²) in [4.78, 5) is 15.0. The number of hydrogen-bond donors (Lipinski definition) is 0. The Morgan fingerprint density at radius 2 is 1.02 bits per heavy atom. The molecule has 0 atom stereocenters. The van der Waals surface area contributed by atoms with Crippen LogP contribution in [0.2, 0.25) is 0 Å². The van der Waals surface area contributed by atoms with Crippen LogP contribution >= 0.6 is 0 Å². The average Bonchev–Trinajstić information content (AvgIpc) is 3.49. The van der Waals surface area contributed by atoms with E-state index in [2.05, 4.69) is 78.9 Å². The maximum absolute atomic E-state index is 6.78.